The highest BCUT2D eigenvalue weighted by Crippen LogP contribution is 2.24. The minimum atomic E-state index is -1.16. The third-order valence-electron chi connectivity index (χ3n) is 6.23. The van der Waals surface area contributed by atoms with Crippen LogP contribution in [0, 0.1) is 0 Å². The summed E-state index contributed by atoms with van der Waals surface area (Å²) in [5.41, 5.74) is 0.849. The molecule has 0 aromatic carbocycles. The molecule has 0 aliphatic rings. The molecule has 0 atom stereocenters. The molecule has 6 aromatic rings. The van der Waals surface area contributed by atoms with E-state index in [0.717, 1.165) is 16.9 Å². The molecule has 0 unspecified atom stereocenters. The Morgan fingerprint density at radius 2 is 1.85 bits per heavy atom. The maximum Gasteiger partial charge on any atom is 0.278 e. The summed E-state index contributed by atoms with van der Waals surface area (Å²) in [6.07, 6.45) is 8.47. The van der Waals surface area contributed by atoms with Gasteiger partial charge < -0.3 is 10.4 Å². The van der Waals surface area contributed by atoms with Crippen LogP contribution in [0.3, 0.4) is 0 Å². The summed E-state index contributed by atoms with van der Waals surface area (Å²) in [7, 11) is 0. The Labute approximate surface area is 222 Å². The quantitative estimate of drug-likeness (QED) is 0.304. The van der Waals surface area contributed by atoms with Crippen LogP contribution >= 0.6 is 0 Å². The lowest BCUT2D eigenvalue weighted by molar-refractivity contribution is 0.0738. The Balaban J connectivity index is 1.42. The molecule has 39 heavy (non-hydrogen) atoms. The second kappa shape index (κ2) is 9.30. The molecule has 0 fully saturated rings. The molecule has 0 saturated heterocycles. The average molecular weight is 520 g/mol. The number of fused-ring (bicyclic) bond motifs is 2. The van der Waals surface area contributed by atoms with Gasteiger partial charge in [-0.15, -0.1) is 6.58 Å². The Morgan fingerprint density at radius 1 is 1.00 bits per heavy atom. The van der Waals surface area contributed by atoms with Crippen LogP contribution in [0.25, 0.3) is 33.7 Å². The summed E-state index contributed by atoms with van der Waals surface area (Å²) in [4.78, 5) is 35.9. The van der Waals surface area contributed by atoms with E-state index in [1.165, 1.54) is 10.9 Å². The lowest BCUT2D eigenvalue weighted by atomic mass is 10.1. The van der Waals surface area contributed by atoms with Crippen molar-refractivity contribution >= 4 is 33.7 Å². The Hall–Kier alpha value is -5.16. The van der Waals surface area contributed by atoms with Gasteiger partial charge in [-0.1, -0.05) is 18.2 Å². The fourth-order valence-corrected chi connectivity index (χ4v) is 4.39. The molecule has 11 nitrogen and oxygen atoms in total. The fourth-order valence-electron chi connectivity index (χ4n) is 4.39. The van der Waals surface area contributed by atoms with Gasteiger partial charge in [0.15, 0.2) is 11.5 Å². The van der Waals surface area contributed by atoms with Gasteiger partial charge in [0.05, 0.1) is 24.1 Å². The lowest BCUT2D eigenvalue weighted by Crippen LogP contribution is -2.23. The molecule has 0 bridgehead atoms. The van der Waals surface area contributed by atoms with Crippen LogP contribution in [0.2, 0.25) is 0 Å². The first kappa shape index (κ1) is 24.2. The van der Waals surface area contributed by atoms with E-state index in [-0.39, 0.29) is 18.1 Å². The highest BCUT2D eigenvalue weighted by atomic mass is 16.3. The Kier molecular flexibility index (Phi) is 5.77. The van der Waals surface area contributed by atoms with Gasteiger partial charge in [-0.05, 0) is 50.2 Å². The van der Waals surface area contributed by atoms with E-state index in [0.29, 0.717) is 28.2 Å². The van der Waals surface area contributed by atoms with Gasteiger partial charge in [0.2, 0.25) is 5.95 Å². The molecule has 194 valence electrons. The van der Waals surface area contributed by atoms with Crippen LogP contribution in [-0.2, 0) is 12.1 Å². The standard InChI is InChI=1S/C28H25N9O2/c1-4-13-36-26(38)20-17-31-27(34-25(20)37(36)23-10-7-8-21(33-23)28(2,3)39)32-19-15-18-11-14-35(24(18)30-16-19)22-9-5-6-12-29-22/h4-12,14-17,39H,1,13H2,2-3H3,(H,31,32,34). The van der Waals surface area contributed by atoms with Crippen molar-refractivity contribution in [3.63, 3.8) is 0 Å². The van der Waals surface area contributed by atoms with Crippen molar-refractivity contribution in [1.82, 2.24) is 38.9 Å². The van der Waals surface area contributed by atoms with Crippen LogP contribution in [0.15, 0.2) is 90.8 Å². The molecule has 0 saturated carbocycles. The maximum absolute atomic E-state index is 13.2. The monoisotopic (exact) mass is 519 g/mol. The number of nitrogens with one attached hydrogen (secondary N) is 1. The summed E-state index contributed by atoms with van der Waals surface area (Å²) < 4.78 is 5.02. The summed E-state index contributed by atoms with van der Waals surface area (Å²) in [5, 5.41) is 14.9. The lowest BCUT2D eigenvalue weighted by Gasteiger charge is -2.18. The zero-order valence-corrected chi connectivity index (χ0v) is 21.4. The predicted octanol–water partition coefficient (Wildman–Crippen LogP) is 3.87. The molecule has 0 aliphatic heterocycles. The zero-order valence-electron chi connectivity index (χ0n) is 21.4. The van der Waals surface area contributed by atoms with E-state index >= 15 is 0 Å². The topological polar surface area (TPSA) is 129 Å². The highest BCUT2D eigenvalue weighted by Gasteiger charge is 2.22. The number of allylic oxidation sites excluding steroid dienone is 1. The first-order valence-corrected chi connectivity index (χ1v) is 12.3. The molecule has 0 spiro atoms. The molecule has 6 aromatic heterocycles. The molecule has 6 rings (SSSR count). The number of aromatic nitrogens is 8. The van der Waals surface area contributed by atoms with E-state index < -0.39 is 5.60 Å². The average Bonchev–Trinajstić information content (AvgIpc) is 3.47. The SMILES string of the molecule is C=CCn1c(=O)c2cnc(Nc3cnc4c(ccn4-c4ccccn4)c3)nc2n1-c1cccc(C(C)(C)O)n1. The van der Waals surface area contributed by atoms with E-state index in [2.05, 4.69) is 36.8 Å². The Morgan fingerprint density at radius 3 is 2.62 bits per heavy atom. The zero-order chi connectivity index (χ0) is 27.1. The number of aliphatic hydroxyl groups is 1. The van der Waals surface area contributed by atoms with Gasteiger partial charge in [0, 0.05) is 24.0 Å². The van der Waals surface area contributed by atoms with E-state index in [4.69, 9.17) is 0 Å². The summed E-state index contributed by atoms with van der Waals surface area (Å²) in [6.45, 7) is 7.33. The van der Waals surface area contributed by atoms with Gasteiger partial charge in [-0.25, -0.2) is 29.3 Å². The Bertz CT molecular complexity index is 1900. The van der Waals surface area contributed by atoms with Gasteiger partial charge in [-0.2, -0.15) is 4.98 Å². The van der Waals surface area contributed by atoms with Crippen molar-refractivity contribution in [2.45, 2.75) is 26.0 Å². The van der Waals surface area contributed by atoms with Crippen molar-refractivity contribution in [3.8, 4) is 11.6 Å². The van der Waals surface area contributed by atoms with Crippen LogP contribution in [0.4, 0.5) is 11.6 Å². The van der Waals surface area contributed by atoms with Gasteiger partial charge in [0.25, 0.3) is 5.56 Å². The largest absolute Gasteiger partial charge is 0.384 e. The van der Waals surface area contributed by atoms with Crippen molar-refractivity contribution in [1.29, 1.82) is 0 Å². The maximum atomic E-state index is 13.2. The predicted molar refractivity (Wildman–Crippen MR) is 149 cm³/mol. The van der Waals surface area contributed by atoms with Crippen LogP contribution < -0.4 is 10.9 Å². The van der Waals surface area contributed by atoms with Crippen molar-refractivity contribution < 1.29 is 5.11 Å². The molecule has 2 N–H and O–H groups in total. The third-order valence-corrected chi connectivity index (χ3v) is 6.23. The number of nitrogens with zero attached hydrogens (tertiary/aromatic N) is 8. The van der Waals surface area contributed by atoms with Crippen LogP contribution in [0.5, 0.6) is 0 Å². The van der Waals surface area contributed by atoms with Crippen molar-refractivity contribution in [3.05, 3.63) is 102 Å². The van der Waals surface area contributed by atoms with Gasteiger partial charge >= 0.3 is 0 Å². The second-order valence-corrected chi connectivity index (χ2v) is 9.49. The van der Waals surface area contributed by atoms with E-state index in [1.807, 2.05) is 41.1 Å². The van der Waals surface area contributed by atoms with Crippen molar-refractivity contribution in [2.75, 3.05) is 5.32 Å². The van der Waals surface area contributed by atoms with Crippen molar-refractivity contribution in [2.24, 2.45) is 0 Å². The minimum Gasteiger partial charge on any atom is -0.384 e. The van der Waals surface area contributed by atoms with Crippen LogP contribution in [-0.4, -0.2) is 44.0 Å². The molecule has 0 aliphatic carbocycles. The number of pyridine rings is 3. The minimum absolute atomic E-state index is 0.236. The molecule has 11 heteroatoms. The van der Waals surface area contributed by atoms with E-state index in [1.54, 1.807) is 55.2 Å². The smallest absolute Gasteiger partial charge is 0.278 e. The first-order valence-electron chi connectivity index (χ1n) is 12.3. The number of rotatable bonds is 7. The van der Waals surface area contributed by atoms with Gasteiger partial charge in [0.1, 0.15) is 22.5 Å². The van der Waals surface area contributed by atoms with Gasteiger partial charge in [-0.3, -0.25) is 9.36 Å². The second-order valence-electron chi connectivity index (χ2n) is 9.49. The van der Waals surface area contributed by atoms with Crippen LogP contribution in [0.1, 0.15) is 19.5 Å². The first-order chi connectivity index (χ1) is 18.8. The van der Waals surface area contributed by atoms with E-state index in [9.17, 15) is 9.90 Å². The number of hydrogen-bond donors (Lipinski definition) is 2. The molecule has 0 amide bonds. The highest BCUT2D eigenvalue weighted by molar-refractivity contribution is 5.82. The summed E-state index contributed by atoms with van der Waals surface area (Å²) >= 11 is 0. The summed E-state index contributed by atoms with van der Waals surface area (Å²) in [6, 6.07) is 14.9. The summed E-state index contributed by atoms with van der Waals surface area (Å²) in [5.74, 6) is 1.50. The molecule has 0 radical (unpaired) electrons. The fraction of sp³-hybridized carbons (Fsp3) is 0.143. The molecule has 6 heterocycles. The number of hydrogen-bond acceptors (Lipinski definition) is 8. The molecular weight excluding hydrogens is 494 g/mol. The third kappa shape index (κ3) is 4.34. The molecular formula is C28H25N9O2. The number of anilines is 2. The normalized spacial score (nSPS) is 11.8.